The van der Waals surface area contributed by atoms with Crippen molar-refractivity contribution in [1.82, 2.24) is 10.6 Å². The van der Waals surface area contributed by atoms with E-state index in [1.807, 2.05) is 6.92 Å². The molecule has 1 aliphatic rings. The van der Waals surface area contributed by atoms with Gasteiger partial charge in [-0.2, -0.15) is 0 Å². The Morgan fingerprint density at radius 3 is 2.80 bits per heavy atom. The zero-order chi connectivity index (χ0) is 11.1. The zero-order valence-corrected chi connectivity index (χ0v) is 10.0. The van der Waals surface area contributed by atoms with Gasteiger partial charge in [0, 0.05) is 19.5 Å². The fourth-order valence-corrected chi connectivity index (χ4v) is 2.30. The highest BCUT2D eigenvalue weighted by molar-refractivity contribution is 5.75. The highest BCUT2D eigenvalue weighted by Crippen LogP contribution is 2.29. The summed E-state index contributed by atoms with van der Waals surface area (Å²) in [6, 6.07) is 0. The minimum absolute atomic E-state index is 0.157. The maximum atomic E-state index is 11.1. The van der Waals surface area contributed by atoms with E-state index < -0.39 is 0 Å². The monoisotopic (exact) mass is 212 g/mol. The molecule has 0 aromatic rings. The summed E-state index contributed by atoms with van der Waals surface area (Å²) in [5.74, 6) is 1.90. The first-order valence-electron chi connectivity index (χ1n) is 6.19. The predicted octanol–water partition coefficient (Wildman–Crippen LogP) is 1.54. The van der Waals surface area contributed by atoms with Crippen LogP contribution in [-0.4, -0.2) is 25.5 Å². The smallest absolute Gasteiger partial charge is 0.221 e. The lowest BCUT2D eigenvalue weighted by atomic mass is 10.1. The van der Waals surface area contributed by atoms with Crippen LogP contribution in [0.1, 0.15) is 39.5 Å². The largest absolute Gasteiger partial charge is 0.356 e. The van der Waals surface area contributed by atoms with Crippen molar-refractivity contribution in [2.75, 3.05) is 19.6 Å². The standard InChI is InChI=1S/C12H24N2O/c1-3-14-12(15)6-7-13-9-11-5-4-10(2)8-11/h10-11,13H,3-9H2,1-2H3,(H,14,15). The molecule has 0 heterocycles. The Labute approximate surface area is 93.0 Å². The van der Waals surface area contributed by atoms with Gasteiger partial charge in [0.25, 0.3) is 0 Å². The zero-order valence-electron chi connectivity index (χ0n) is 10.0. The Kier molecular flexibility index (Phi) is 5.69. The molecule has 2 N–H and O–H groups in total. The Hall–Kier alpha value is -0.570. The van der Waals surface area contributed by atoms with Gasteiger partial charge in [-0.3, -0.25) is 4.79 Å². The molecule has 1 aliphatic carbocycles. The molecule has 3 heteroatoms. The molecule has 2 atom stereocenters. The van der Waals surface area contributed by atoms with Crippen molar-refractivity contribution >= 4 is 5.91 Å². The number of carbonyl (C=O) groups excluding carboxylic acids is 1. The summed E-state index contributed by atoms with van der Waals surface area (Å²) >= 11 is 0. The van der Waals surface area contributed by atoms with E-state index in [4.69, 9.17) is 0 Å². The van der Waals surface area contributed by atoms with Crippen molar-refractivity contribution in [3.8, 4) is 0 Å². The first kappa shape index (κ1) is 12.5. The molecule has 15 heavy (non-hydrogen) atoms. The fourth-order valence-electron chi connectivity index (χ4n) is 2.30. The molecule has 3 nitrogen and oxygen atoms in total. The van der Waals surface area contributed by atoms with Crippen LogP contribution in [0.2, 0.25) is 0 Å². The van der Waals surface area contributed by atoms with Crippen molar-refractivity contribution in [3.63, 3.8) is 0 Å². The second-order valence-corrected chi connectivity index (χ2v) is 4.69. The second kappa shape index (κ2) is 6.83. The van der Waals surface area contributed by atoms with E-state index in [9.17, 15) is 4.79 Å². The summed E-state index contributed by atoms with van der Waals surface area (Å²) in [6.45, 7) is 6.92. The lowest BCUT2D eigenvalue weighted by molar-refractivity contribution is -0.120. The quantitative estimate of drug-likeness (QED) is 0.656. The number of hydrogen-bond acceptors (Lipinski definition) is 2. The average molecular weight is 212 g/mol. The summed E-state index contributed by atoms with van der Waals surface area (Å²) in [5.41, 5.74) is 0. The van der Waals surface area contributed by atoms with E-state index in [0.717, 1.165) is 31.5 Å². The Morgan fingerprint density at radius 1 is 1.40 bits per heavy atom. The number of hydrogen-bond donors (Lipinski definition) is 2. The van der Waals surface area contributed by atoms with Gasteiger partial charge in [-0.25, -0.2) is 0 Å². The molecular formula is C12H24N2O. The first-order valence-corrected chi connectivity index (χ1v) is 6.19. The van der Waals surface area contributed by atoms with Crippen molar-refractivity contribution in [2.45, 2.75) is 39.5 Å². The van der Waals surface area contributed by atoms with Crippen LogP contribution in [0, 0.1) is 11.8 Å². The van der Waals surface area contributed by atoms with Gasteiger partial charge in [0.2, 0.25) is 5.91 Å². The second-order valence-electron chi connectivity index (χ2n) is 4.69. The number of rotatable bonds is 6. The van der Waals surface area contributed by atoms with Gasteiger partial charge in [-0.05, 0) is 38.1 Å². The predicted molar refractivity (Wildman–Crippen MR) is 62.7 cm³/mol. The van der Waals surface area contributed by atoms with Gasteiger partial charge < -0.3 is 10.6 Å². The third kappa shape index (κ3) is 5.17. The van der Waals surface area contributed by atoms with E-state index in [0.29, 0.717) is 6.42 Å². The lowest BCUT2D eigenvalue weighted by Gasteiger charge is -2.10. The summed E-state index contributed by atoms with van der Waals surface area (Å²) in [4.78, 5) is 11.1. The van der Waals surface area contributed by atoms with Crippen LogP contribution >= 0.6 is 0 Å². The van der Waals surface area contributed by atoms with Crippen LogP contribution in [0.15, 0.2) is 0 Å². The van der Waals surface area contributed by atoms with Gasteiger partial charge in [-0.1, -0.05) is 13.3 Å². The van der Waals surface area contributed by atoms with Crippen LogP contribution in [0.3, 0.4) is 0 Å². The Bertz CT molecular complexity index is 194. The van der Waals surface area contributed by atoms with Gasteiger partial charge in [-0.15, -0.1) is 0 Å². The van der Waals surface area contributed by atoms with Gasteiger partial charge >= 0.3 is 0 Å². The van der Waals surface area contributed by atoms with Crippen LogP contribution in [0.4, 0.5) is 0 Å². The summed E-state index contributed by atoms with van der Waals surface area (Å²) in [5, 5.41) is 6.18. The molecule has 1 fully saturated rings. The van der Waals surface area contributed by atoms with Crippen molar-refractivity contribution < 1.29 is 4.79 Å². The van der Waals surface area contributed by atoms with E-state index in [2.05, 4.69) is 17.6 Å². The third-order valence-corrected chi connectivity index (χ3v) is 3.14. The van der Waals surface area contributed by atoms with Gasteiger partial charge in [0.15, 0.2) is 0 Å². The summed E-state index contributed by atoms with van der Waals surface area (Å²) < 4.78 is 0. The normalized spacial score (nSPS) is 25.5. The van der Waals surface area contributed by atoms with Crippen LogP contribution in [0.5, 0.6) is 0 Å². The molecule has 0 aliphatic heterocycles. The van der Waals surface area contributed by atoms with Crippen LogP contribution in [0.25, 0.3) is 0 Å². The molecule has 0 bridgehead atoms. The maximum Gasteiger partial charge on any atom is 0.221 e. The molecular weight excluding hydrogens is 188 g/mol. The summed E-state index contributed by atoms with van der Waals surface area (Å²) in [6.07, 6.45) is 4.70. The SMILES string of the molecule is CCNC(=O)CCNCC1CCC(C)C1. The minimum Gasteiger partial charge on any atom is -0.356 e. The first-order chi connectivity index (χ1) is 7.22. The van der Waals surface area contributed by atoms with Crippen molar-refractivity contribution in [1.29, 1.82) is 0 Å². The lowest BCUT2D eigenvalue weighted by Crippen LogP contribution is -2.29. The molecule has 0 aromatic heterocycles. The Balaban J connectivity index is 1.95. The fraction of sp³-hybridized carbons (Fsp3) is 0.917. The van der Waals surface area contributed by atoms with Crippen LogP contribution in [-0.2, 0) is 4.79 Å². The molecule has 0 radical (unpaired) electrons. The summed E-state index contributed by atoms with van der Waals surface area (Å²) in [7, 11) is 0. The van der Waals surface area contributed by atoms with Gasteiger partial charge in [0.1, 0.15) is 0 Å². The minimum atomic E-state index is 0.157. The van der Waals surface area contributed by atoms with Crippen molar-refractivity contribution in [3.05, 3.63) is 0 Å². The van der Waals surface area contributed by atoms with E-state index >= 15 is 0 Å². The number of nitrogens with one attached hydrogen (secondary N) is 2. The molecule has 1 amide bonds. The van der Waals surface area contributed by atoms with E-state index in [1.165, 1.54) is 19.3 Å². The molecule has 0 spiro atoms. The van der Waals surface area contributed by atoms with Crippen LogP contribution < -0.4 is 10.6 Å². The molecule has 88 valence electrons. The highest BCUT2D eigenvalue weighted by Gasteiger charge is 2.20. The van der Waals surface area contributed by atoms with Gasteiger partial charge in [0.05, 0.1) is 0 Å². The molecule has 1 saturated carbocycles. The number of amides is 1. The third-order valence-electron chi connectivity index (χ3n) is 3.14. The highest BCUT2D eigenvalue weighted by atomic mass is 16.1. The topological polar surface area (TPSA) is 41.1 Å². The van der Waals surface area contributed by atoms with E-state index in [-0.39, 0.29) is 5.91 Å². The van der Waals surface area contributed by atoms with E-state index in [1.54, 1.807) is 0 Å². The molecule has 1 rings (SSSR count). The number of carbonyl (C=O) groups is 1. The Morgan fingerprint density at radius 2 is 2.20 bits per heavy atom. The molecule has 0 saturated heterocycles. The maximum absolute atomic E-state index is 11.1. The average Bonchev–Trinajstić information content (AvgIpc) is 2.60. The molecule has 0 aromatic carbocycles. The molecule has 2 unspecified atom stereocenters. The van der Waals surface area contributed by atoms with Crippen molar-refractivity contribution in [2.24, 2.45) is 11.8 Å².